The monoisotopic (exact) mass is 418 g/mol. The molecule has 5 heteroatoms. The first-order valence-electron chi connectivity index (χ1n) is 0.535. The minimum absolute atomic E-state index is 1.61. The van der Waals surface area contributed by atoms with Crippen molar-refractivity contribution in [2.75, 3.05) is 0 Å². The Bertz CT molecular complexity index is 19.1. The summed E-state index contributed by atoms with van der Waals surface area (Å²) >= 11 is 13.2. The molecule has 0 unspecified atom stereocenters. The van der Waals surface area contributed by atoms with Crippen molar-refractivity contribution >= 4 is 54.5 Å². The van der Waals surface area contributed by atoms with Gasteiger partial charge in [-0.1, -0.05) is 0 Å². The zero-order valence-corrected chi connectivity index (χ0v) is 9.95. The van der Waals surface area contributed by atoms with Crippen LogP contribution in [0.2, 0.25) is 0 Å². The van der Waals surface area contributed by atoms with E-state index in [-0.39, 0.29) is 0 Å². The Morgan fingerprint density at radius 1 is 0.800 bits per heavy atom. The van der Waals surface area contributed by atoms with E-state index >= 15 is 0 Å². The molecule has 0 aliphatic carbocycles. The summed E-state index contributed by atoms with van der Waals surface area (Å²) in [6, 6.07) is 0. The standard InChI is InChI=1S/4BrH.Ru/h4*1H;/q;;;;+4/p-4. The number of rotatable bonds is 0. The van der Waals surface area contributed by atoms with Gasteiger partial charge in [0.05, 0.1) is 0 Å². The molecule has 36 valence electrons. The van der Waals surface area contributed by atoms with Crippen molar-refractivity contribution in [1.29, 1.82) is 0 Å². The van der Waals surface area contributed by atoms with E-state index in [4.69, 9.17) is 0 Å². The third-order valence-electron chi connectivity index (χ3n) is 0. The fraction of sp³-hybridized carbons (Fsp3) is 0. The molecule has 0 rings (SSSR count). The van der Waals surface area contributed by atoms with Crippen LogP contribution < -0.4 is 0 Å². The first kappa shape index (κ1) is 7.54. The molecule has 0 atom stereocenters. The first-order valence-corrected chi connectivity index (χ1v) is 16.4. The zero-order chi connectivity index (χ0) is 4.50. The molecule has 0 aromatic carbocycles. The minimum atomic E-state index is -1.61. The summed E-state index contributed by atoms with van der Waals surface area (Å²) in [5, 5.41) is 0. The quantitative estimate of drug-likeness (QED) is 0.527. The van der Waals surface area contributed by atoms with Gasteiger partial charge < -0.3 is 0 Å². The van der Waals surface area contributed by atoms with Crippen LogP contribution in [-0.2, 0) is 6.94 Å². The molecule has 0 aromatic heterocycles. The maximum absolute atomic E-state index is 3.30. The van der Waals surface area contributed by atoms with Gasteiger partial charge in [0.1, 0.15) is 0 Å². The van der Waals surface area contributed by atoms with Crippen LogP contribution in [0.25, 0.3) is 0 Å². The van der Waals surface area contributed by atoms with Gasteiger partial charge in [-0.05, 0) is 0 Å². The summed E-state index contributed by atoms with van der Waals surface area (Å²) in [5.74, 6) is 0. The third-order valence-corrected chi connectivity index (χ3v) is 0. The Labute approximate surface area is 60.3 Å². The van der Waals surface area contributed by atoms with E-state index in [2.05, 4.69) is 54.5 Å². The van der Waals surface area contributed by atoms with E-state index in [1.54, 1.807) is 0 Å². The molecule has 0 saturated carbocycles. The van der Waals surface area contributed by atoms with Gasteiger partial charge in [0.25, 0.3) is 0 Å². The first-order chi connectivity index (χ1) is 2.00. The van der Waals surface area contributed by atoms with Crippen LogP contribution in [0.5, 0.6) is 0 Å². The van der Waals surface area contributed by atoms with Gasteiger partial charge in [0, 0.05) is 0 Å². The molecular formula is Br4Ru. The van der Waals surface area contributed by atoms with Gasteiger partial charge >= 0.3 is 61.4 Å². The van der Waals surface area contributed by atoms with Gasteiger partial charge in [-0.3, -0.25) is 0 Å². The van der Waals surface area contributed by atoms with Crippen molar-refractivity contribution in [3.8, 4) is 0 Å². The molecular weight excluding hydrogens is 421 g/mol. The Morgan fingerprint density at radius 2 is 0.800 bits per heavy atom. The Balaban J connectivity index is 3.02. The maximum atomic E-state index is 3.30. The summed E-state index contributed by atoms with van der Waals surface area (Å²) in [6.45, 7) is -1.61. The SMILES string of the molecule is [Br][Ru]([Br])([Br])[Br]. The van der Waals surface area contributed by atoms with Gasteiger partial charge in [0.2, 0.25) is 0 Å². The normalized spacial score (nSPS) is 15.2. The Morgan fingerprint density at radius 3 is 0.800 bits per heavy atom. The van der Waals surface area contributed by atoms with E-state index < -0.39 is 6.94 Å². The van der Waals surface area contributed by atoms with Crippen LogP contribution in [-0.4, -0.2) is 0 Å². The molecule has 0 heterocycles. The van der Waals surface area contributed by atoms with Crippen LogP contribution >= 0.6 is 54.5 Å². The average molecular weight is 421 g/mol. The number of halogens is 4. The second-order valence-corrected chi connectivity index (χ2v) is 48.4. The fourth-order valence-corrected chi connectivity index (χ4v) is 0. The van der Waals surface area contributed by atoms with Crippen molar-refractivity contribution in [2.45, 2.75) is 0 Å². The molecule has 0 saturated heterocycles. The van der Waals surface area contributed by atoms with Crippen molar-refractivity contribution < 1.29 is 6.94 Å². The molecule has 0 aliphatic rings. The molecule has 0 aliphatic heterocycles. The summed E-state index contributed by atoms with van der Waals surface area (Å²) in [5.41, 5.74) is 0. The Kier molecular flexibility index (Phi) is 4.16. The molecule has 0 nitrogen and oxygen atoms in total. The van der Waals surface area contributed by atoms with E-state index in [0.29, 0.717) is 0 Å². The second-order valence-electron chi connectivity index (χ2n) is 0.303. The van der Waals surface area contributed by atoms with E-state index in [0.717, 1.165) is 0 Å². The number of hydrogen-bond donors (Lipinski definition) is 0. The molecule has 0 radical (unpaired) electrons. The predicted octanol–water partition coefficient (Wildman–Crippen LogP) is 3.38. The van der Waals surface area contributed by atoms with Crippen LogP contribution in [0.1, 0.15) is 0 Å². The third kappa shape index (κ3) is 20.9. The Hall–Kier alpha value is 2.54. The second kappa shape index (κ2) is 2.75. The molecule has 0 spiro atoms. The van der Waals surface area contributed by atoms with Crippen molar-refractivity contribution in [3.05, 3.63) is 0 Å². The van der Waals surface area contributed by atoms with Crippen molar-refractivity contribution in [2.24, 2.45) is 0 Å². The summed E-state index contributed by atoms with van der Waals surface area (Å²) < 4.78 is 0. The predicted molar refractivity (Wildman–Crippen MR) is 35.7 cm³/mol. The van der Waals surface area contributed by atoms with Crippen LogP contribution in [0, 0.1) is 0 Å². The van der Waals surface area contributed by atoms with Gasteiger partial charge in [-0.25, -0.2) is 0 Å². The van der Waals surface area contributed by atoms with Crippen molar-refractivity contribution in [3.63, 3.8) is 0 Å². The van der Waals surface area contributed by atoms with Gasteiger partial charge in [-0.2, -0.15) is 0 Å². The van der Waals surface area contributed by atoms with Crippen LogP contribution in [0.4, 0.5) is 0 Å². The average Bonchev–Trinajstić information content (AvgIpc) is 0.722. The molecule has 0 fully saturated rings. The molecule has 0 bridgehead atoms. The zero-order valence-electron chi connectivity index (χ0n) is 1.87. The molecule has 0 amide bonds. The molecule has 5 heavy (non-hydrogen) atoms. The topological polar surface area (TPSA) is 0 Å². The molecule has 0 N–H and O–H groups in total. The van der Waals surface area contributed by atoms with Gasteiger partial charge in [-0.15, -0.1) is 0 Å². The van der Waals surface area contributed by atoms with Gasteiger partial charge in [0.15, 0.2) is 0 Å². The summed E-state index contributed by atoms with van der Waals surface area (Å²) in [7, 11) is 0. The molecule has 0 aromatic rings. The van der Waals surface area contributed by atoms with Crippen LogP contribution in [0.15, 0.2) is 0 Å². The summed E-state index contributed by atoms with van der Waals surface area (Å²) in [6.07, 6.45) is 0. The van der Waals surface area contributed by atoms with E-state index in [9.17, 15) is 0 Å². The van der Waals surface area contributed by atoms with Crippen molar-refractivity contribution in [1.82, 2.24) is 0 Å². The summed E-state index contributed by atoms with van der Waals surface area (Å²) in [4.78, 5) is 0. The number of hydrogen-bond acceptors (Lipinski definition) is 0. The van der Waals surface area contributed by atoms with Crippen LogP contribution in [0.3, 0.4) is 0 Å². The van der Waals surface area contributed by atoms with E-state index in [1.807, 2.05) is 0 Å². The fourth-order valence-electron chi connectivity index (χ4n) is 0. The van der Waals surface area contributed by atoms with E-state index in [1.165, 1.54) is 0 Å².